The van der Waals surface area contributed by atoms with E-state index < -0.39 is 0 Å². The molecule has 0 unspecified atom stereocenters. The third-order valence-electron chi connectivity index (χ3n) is 3.80. The van der Waals surface area contributed by atoms with Crippen LogP contribution in [0.4, 0.5) is 4.39 Å². The highest BCUT2D eigenvalue weighted by atomic mass is 35.5. The lowest BCUT2D eigenvalue weighted by atomic mass is 10.1. The summed E-state index contributed by atoms with van der Waals surface area (Å²) < 4.78 is 14.7. The number of benzene rings is 1. The molecule has 2 atom stereocenters. The van der Waals surface area contributed by atoms with Crippen LogP contribution in [0.1, 0.15) is 19.4 Å². The third-order valence-corrected chi connectivity index (χ3v) is 3.80. The minimum Gasteiger partial charge on any atom is -0.355 e. The Hall–Kier alpha value is -1.99. The summed E-state index contributed by atoms with van der Waals surface area (Å²) in [5.74, 6) is -0.259. The Labute approximate surface area is 139 Å². The molecule has 124 valence electrons. The Morgan fingerprint density at radius 3 is 2.87 bits per heavy atom. The minimum absolute atomic E-state index is 0. The normalized spacial score (nSPS) is 20.1. The number of amides is 1. The summed E-state index contributed by atoms with van der Waals surface area (Å²) in [6, 6.07) is 6.05. The second-order valence-electron chi connectivity index (χ2n) is 5.34. The Morgan fingerprint density at radius 1 is 1.43 bits per heavy atom. The Balaban J connectivity index is 0.00000192. The van der Waals surface area contributed by atoms with Crippen LogP contribution in [0.3, 0.4) is 0 Å². The number of nitrogens with one attached hydrogen (secondary N) is 2. The first-order chi connectivity index (χ1) is 10.7. The molecule has 0 bridgehead atoms. The zero-order chi connectivity index (χ0) is 15.5. The molecule has 2 aromatic rings. The molecule has 8 heteroatoms. The minimum atomic E-state index is -0.277. The molecule has 6 nitrogen and oxygen atoms in total. The molecule has 2 heterocycles. The fourth-order valence-corrected chi connectivity index (χ4v) is 2.62. The molecule has 1 aromatic carbocycles. The van der Waals surface area contributed by atoms with Gasteiger partial charge in [0.05, 0.1) is 18.3 Å². The maximum atomic E-state index is 12.9. The lowest BCUT2D eigenvalue weighted by Gasteiger charge is -2.10. The van der Waals surface area contributed by atoms with Crippen LogP contribution in [0.5, 0.6) is 0 Å². The molecule has 0 spiro atoms. The molecule has 2 N–H and O–H groups in total. The van der Waals surface area contributed by atoms with Crippen LogP contribution < -0.4 is 10.6 Å². The number of carbonyl (C=O) groups is 1. The van der Waals surface area contributed by atoms with Crippen molar-refractivity contribution in [2.24, 2.45) is 0 Å². The van der Waals surface area contributed by atoms with Gasteiger partial charge in [-0.25, -0.2) is 9.07 Å². The molecule has 3 rings (SSSR count). The average molecular weight is 340 g/mol. The highest BCUT2D eigenvalue weighted by Crippen LogP contribution is 2.22. The number of halogens is 2. The van der Waals surface area contributed by atoms with Gasteiger partial charge in [0.2, 0.25) is 5.91 Å². The molecule has 1 aromatic heterocycles. The zero-order valence-corrected chi connectivity index (χ0v) is 13.5. The van der Waals surface area contributed by atoms with Crippen molar-refractivity contribution in [2.75, 3.05) is 13.1 Å². The van der Waals surface area contributed by atoms with Crippen molar-refractivity contribution in [3.05, 3.63) is 36.3 Å². The van der Waals surface area contributed by atoms with Crippen molar-refractivity contribution < 1.29 is 9.18 Å². The summed E-state index contributed by atoms with van der Waals surface area (Å²) in [6.45, 7) is 3.20. The van der Waals surface area contributed by atoms with Crippen LogP contribution >= 0.6 is 12.4 Å². The van der Waals surface area contributed by atoms with Crippen molar-refractivity contribution in [3.8, 4) is 11.3 Å². The van der Waals surface area contributed by atoms with Gasteiger partial charge in [0.15, 0.2) is 0 Å². The van der Waals surface area contributed by atoms with Crippen molar-refractivity contribution in [1.82, 2.24) is 25.6 Å². The molecule has 1 saturated heterocycles. The number of aromatic nitrogens is 3. The Kier molecular flexibility index (Phi) is 5.68. The summed E-state index contributed by atoms with van der Waals surface area (Å²) in [5, 5.41) is 14.3. The van der Waals surface area contributed by atoms with Crippen LogP contribution in [0.15, 0.2) is 30.5 Å². The van der Waals surface area contributed by atoms with Crippen molar-refractivity contribution in [3.63, 3.8) is 0 Å². The van der Waals surface area contributed by atoms with Crippen molar-refractivity contribution in [2.45, 2.75) is 25.4 Å². The second-order valence-corrected chi connectivity index (χ2v) is 5.34. The Morgan fingerprint density at radius 2 is 2.17 bits per heavy atom. The number of nitrogens with zero attached hydrogens (tertiary/aromatic N) is 3. The molecule has 0 radical (unpaired) electrons. The summed E-state index contributed by atoms with van der Waals surface area (Å²) in [6.07, 6.45) is 2.51. The first kappa shape index (κ1) is 17.4. The van der Waals surface area contributed by atoms with E-state index in [1.807, 2.05) is 13.1 Å². The van der Waals surface area contributed by atoms with Gasteiger partial charge in [0.25, 0.3) is 0 Å². The summed E-state index contributed by atoms with van der Waals surface area (Å²) in [7, 11) is 0. The monoisotopic (exact) mass is 339 g/mol. The first-order valence-electron chi connectivity index (χ1n) is 7.36. The number of likely N-dealkylation sites (N-methyl/N-ethyl adjacent to an activating group) is 1. The molecule has 1 fully saturated rings. The number of hydrogen-bond donors (Lipinski definition) is 2. The van der Waals surface area contributed by atoms with E-state index in [1.165, 1.54) is 12.1 Å². The van der Waals surface area contributed by atoms with E-state index in [-0.39, 0.29) is 36.2 Å². The fourth-order valence-electron chi connectivity index (χ4n) is 2.62. The third kappa shape index (κ3) is 3.86. The maximum absolute atomic E-state index is 12.9. The van der Waals surface area contributed by atoms with E-state index in [2.05, 4.69) is 20.9 Å². The quantitative estimate of drug-likeness (QED) is 0.886. The number of carbonyl (C=O) groups excluding carboxylic acids is 1. The van der Waals surface area contributed by atoms with E-state index >= 15 is 0 Å². The lowest BCUT2D eigenvalue weighted by molar-refractivity contribution is -0.122. The van der Waals surface area contributed by atoms with Gasteiger partial charge in [-0.15, -0.1) is 17.5 Å². The van der Waals surface area contributed by atoms with Gasteiger partial charge in [0, 0.05) is 18.7 Å². The van der Waals surface area contributed by atoms with Crippen LogP contribution in [0, 0.1) is 5.82 Å². The summed E-state index contributed by atoms with van der Waals surface area (Å²) in [4.78, 5) is 11.8. The number of rotatable bonds is 4. The molecular formula is C15H19ClFN5O. The summed E-state index contributed by atoms with van der Waals surface area (Å²) >= 11 is 0. The van der Waals surface area contributed by atoms with E-state index in [9.17, 15) is 9.18 Å². The largest absolute Gasteiger partial charge is 0.355 e. The SMILES string of the molecule is CCNC(=O)[C@@H]1C[C@H](n2cc(-c3ccc(F)cc3)nn2)CN1.Cl. The molecule has 23 heavy (non-hydrogen) atoms. The van der Waals surface area contributed by atoms with Crippen LogP contribution in [-0.4, -0.2) is 40.0 Å². The van der Waals surface area contributed by atoms with Gasteiger partial charge < -0.3 is 10.6 Å². The van der Waals surface area contributed by atoms with Crippen LogP contribution in [0.25, 0.3) is 11.3 Å². The topological polar surface area (TPSA) is 71.8 Å². The predicted molar refractivity (Wildman–Crippen MR) is 86.8 cm³/mol. The van der Waals surface area contributed by atoms with Crippen LogP contribution in [-0.2, 0) is 4.79 Å². The summed E-state index contributed by atoms with van der Waals surface area (Å²) in [5.41, 5.74) is 1.51. The molecule has 0 aliphatic carbocycles. The molecule has 0 saturated carbocycles. The van der Waals surface area contributed by atoms with E-state index in [1.54, 1.807) is 16.8 Å². The molecule has 1 amide bonds. The van der Waals surface area contributed by atoms with Gasteiger partial charge in [-0.1, -0.05) is 5.21 Å². The average Bonchev–Trinajstić information content (AvgIpc) is 3.17. The Bertz CT molecular complexity index is 660. The molecule has 1 aliphatic rings. The fraction of sp³-hybridized carbons (Fsp3) is 0.400. The lowest BCUT2D eigenvalue weighted by Crippen LogP contribution is -2.40. The van der Waals surface area contributed by atoms with E-state index in [0.717, 1.165) is 5.56 Å². The van der Waals surface area contributed by atoms with Gasteiger partial charge in [0.1, 0.15) is 11.5 Å². The maximum Gasteiger partial charge on any atom is 0.237 e. The van der Waals surface area contributed by atoms with Crippen LogP contribution in [0.2, 0.25) is 0 Å². The van der Waals surface area contributed by atoms with E-state index in [4.69, 9.17) is 0 Å². The first-order valence-corrected chi connectivity index (χ1v) is 7.36. The highest BCUT2D eigenvalue weighted by molar-refractivity contribution is 5.85. The van der Waals surface area contributed by atoms with Crippen molar-refractivity contribution >= 4 is 18.3 Å². The van der Waals surface area contributed by atoms with E-state index in [0.29, 0.717) is 25.2 Å². The smallest absolute Gasteiger partial charge is 0.237 e. The standard InChI is InChI=1S/C15H18FN5O.ClH/c1-2-17-15(22)13-7-12(8-18-13)21-9-14(19-20-21)10-3-5-11(16)6-4-10;/h3-6,9,12-13,18H,2,7-8H2,1H3,(H,17,22);1H/t12-,13-;/m0./s1. The molecular weight excluding hydrogens is 321 g/mol. The molecule has 1 aliphatic heterocycles. The van der Waals surface area contributed by atoms with Gasteiger partial charge >= 0.3 is 0 Å². The predicted octanol–water partition coefficient (Wildman–Crippen LogP) is 1.55. The van der Waals surface area contributed by atoms with Gasteiger partial charge in [-0.2, -0.15) is 0 Å². The highest BCUT2D eigenvalue weighted by Gasteiger charge is 2.30. The van der Waals surface area contributed by atoms with Gasteiger partial charge in [-0.05, 0) is 37.6 Å². The van der Waals surface area contributed by atoms with Gasteiger partial charge in [-0.3, -0.25) is 4.79 Å². The second kappa shape index (κ2) is 7.52. The van der Waals surface area contributed by atoms with Crippen molar-refractivity contribution in [1.29, 1.82) is 0 Å². The number of hydrogen-bond acceptors (Lipinski definition) is 4. The zero-order valence-electron chi connectivity index (χ0n) is 12.7.